The highest BCUT2D eigenvalue weighted by atomic mass is 16.2. The Kier molecular flexibility index (Phi) is 4.62. The lowest BCUT2D eigenvalue weighted by Crippen LogP contribution is -2.43. The molecule has 2 fully saturated rings. The van der Waals surface area contributed by atoms with Gasteiger partial charge in [-0.15, -0.1) is 0 Å². The van der Waals surface area contributed by atoms with Gasteiger partial charge in [0.15, 0.2) is 0 Å². The van der Waals surface area contributed by atoms with Crippen LogP contribution in [-0.4, -0.2) is 29.2 Å². The summed E-state index contributed by atoms with van der Waals surface area (Å²) in [5.41, 5.74) is 1.04. The van der Waals surface area contributed by atoms with Crippen molar-refractivity contribution < 1.29 is 14.4 Å². The third-order valence-corrected chi connectivity index (χ3v) is 6.11. The maximum atomic E-state index is 12.7. The normalized spacial score (nSPS) is 29.5. The maximum Gasteiger partial charge on any atom is 0.240 e. The molecule has 5 heteroatoms. The number of carbonyl (C=O) groups is 3. The second-order valence-corrected chi connectivity index (χ2v) is 8.42. The summed E-state index contributed by atoms with van der Waals surface area (Å²) in [5, 5.41) is 3.04. The Morgan fingerprint density at radius 2 is 1.67 bits per heavy atom. The van der Waals surface area contributed by atoms with Crippen molar-refractivity contribution in [1.82, 2.24) is 10.2 Å². The van der Waals surface area contributed by atoms with Crippen molar-refractivity contribution in [3.05, 3.63) is 48.0 Å². The van der Waals surface area contributed by atoms with Gasteiger partial charge in [0.05, 0.1) is 17.9 Å². The fourth-order valence-electron chi connectivity index (χ4n) is 4.94. The number of likely N-dealkylation sites (tertiary alicyclic amines) is 1. The number of hydrogen-bond acceptors (Lipinski definition) is 3. The summed E-state index contributed by atoms with van der Waals surface area (Å²) in [4.78, 5) is 39.4. The van der Waals surface area contributed by atoms with Crippen molar-refractivity contribution in [3.63, 3.8) is 0 Å². The first-order chi connectivity index (χ1) is 13.0. The van der Waals surface area contributed by atoms with E-state index in [9.17, 15) is 14.4 Å². The Labute approximate surface area is 159 Å². The summed E-state index contributed by atoms with van der Waals surface area (Å²) in [7, 11) is 0. The molecule has 1 N–H and O–H groups in total. The minimum absolute atomic E-state index is 0.121. The number of nitrogens with one attached hydrogen (secondary N) is 1. The van der Waals surface area contributed by atoms with Gasteiger partial charge >= 0.3 is 0 Å². The zero-order valence-corrected chi connectivity index (χ0v) is 15.8. The molecule has 1 saturated carbocycles. The van der Waals surface area contributed by atoms with E-state index < -0.39 is 0 Å². The van der Waals surface area contributed by atoms with E-state index >= 15 is 0 Å². The Morgan fingerprint density at radius 3 is 2.22 bits per heavy atom. The summed E-state index contributed by atoms with van der Waals surface area (Å²) in [6, 6.07) is 9.71. The Hall–Kier alpha value is -2.43. The first-order valence-electron chi connectivity index (χ1n) is 9.83. The lowest BCUT2D eigenvalue weighted by molar-refractivity contribution is -0.144. The number of benzene rings is 1. The molecule has 5 nitrogen and oxygen atoms in total. The van der Waals surface area contributed by atoms with Crippen molar-refractivity contribution in [2.24, 2.45) is 29.6 Å². The summed E-state index contributed by atoms with van der Waals surface area (Å²) in [6.07, 6.45) is 5.83. The lowest BCUT2D eigenvalue weighted by Gasteiger charge is -2.23. The van der Waals surface area contributed by atoms with E-state index in [2.05, 4.69) is 31.3 Å². The topological polar surface area (TPSA) is 66.5 Å². The smallest absolute Gasteiger partial charge is 0.240 e. The molecule has 1 aromatic carbocycles. The second kappa shape index (κ2) is 6.95. The van der Waals surface area contributed by atoms with Crippen LogP contribution in [0.4, 0.5) is 0 Å². The van der Waals surface area contributed by atoms with Crippen LogP contribution in [0.25, 0.3) is 0 Å². The fourth-order valence-corrected chi connectivity index (χ4v) is 4.94. The molecule has 5 atom stereocenters. The van der Waals surface area contributed by atoms with Gasteiger partial charge in [0.2, 0.25) is 17.7 Å². The predicted molar refractivity (Wildman–Crippen MR) is 101 cm³/mol. The van der Waals surface area contributed by atoms with Crippen LogP contribution in [-0.2, 0) is 14.4 Å². The Bertz CT molecular complexity index is 756. The van der Waals surface area contributed by atoms with E-state index in [1.807, 2.05) is 30.3 Å². The molecule has 0 unspecified atom stereocenters. The molecule has 2 aliphatic carbocycles. The van der Waals surface area contributed by atoms with E-state index in [1.165, 1.54) is 4.90 Å². The lowest BCUT2D eigenvalue weighted by atomic mass is 9.85. The molecular weight excluding hydrogens is 340 g/mol. The van der Waals surface area contributed by atoms with Gasteiger partial charge in [-0.1, -0.05) is 56.3 Å². The highest BCUT2D eigenvalue weighted by molar-refractivity contribution is 6.08. The number of fused-ring (bicyclic) bond motifs is 5. The molecule has 1 heterocycles. The van der Waals surface area contributed by atoms with Gasteiger partial charge in [0, 0.05) is 0 Å². The Balaban J connectivity index is 1.44. The number of allylic oxidation sites excluding steroid dienone is 2. The van der Waals surface area contributed by atoms with E-state index in [0.29, 0.717) is 5.92 Å². The first-order valence-corrected chi connectivity index (χ1v) is 9.83. The van der Waals surface area contributed by atoms with Crippen LogP contribution in [0.5, 0.6) is 0 Å². The number of amides is 3. The van der Waals surface area contributed by atoms with Crippen LogP contribution in [0, 0.1) is 29.6 Å². The molecule has 142 valence electrons. The van der Waals surface area contributed by atoms with Crippen molar-refractivity contribution in [2.75, 3.05) is 6.54 Å². The van der Waals surface area contributed by atoms with Gasteiger partial charge in [0.25, 0.3) is 0 Å². The molecule has 1 saturated heterocycles. The molecule has 3 amide bonds. The van der Waals surface area contributed by atoms with Crippen LogP contribution in [0.2, 0.25) is 0 Å². The third-order valence-electron chi connectivity index (χ3n) is 6.11. The van der Waals surface area contributed by atoms with E-state index in [0.717, 1.165) is 18.4 Å². The molecule has 2 bridgehead atoms. The molecular formula is C22H26N2O3. The van der Waals surface area contributed by atoms with Crippen molar-refractivity contribution in [3.8, 4) is 0 Å². The minimum Gasteiger partial charge on any atom is -0.348 e. The highest BCUT2D eigenvalue weighted by Gasteiger charge is 2.59. The quantitative estimate of drug-likeness (QED) is 0.622. The molecule has 27 heavy (non-hydrogen) atoms. The van der Waals surface area contributed by atoms with Gasteiger partial charge < -0.3 is 5.32 Å². The number of hydrogen-bond donors (Lipinski definition) is 1. The number of imide groups is 1. The Morgan fingerprint density at radius 1 is 1.07 bits per heavy atom. The first kappa shape index (κ1) is 18.0. The zero-order valence-electron chi connectivity index (χ0n) is 15.8. The molecule has 1 aromatic rings. The summed E-state index contributed by atoms with van der Waals surface area (Å²) in [6.45, 7) is 4.05. The number of carbonyl (C=O) groups excluding carboxylic acids is 3. The van der Waals surface area contributed by atoms with Gasteiger partial charge in [-0.2, -0.15) is 0 Å². The van der Waals surface area contributed by atoms with Gasteiger partial charge in [0.1, 0.15) is 6.54 Å². The molecule has 4 rings (SSSR count). The second-order valence-electron chi connectivity index (χ2n) is 8.42. The minimum atomic E-state index is -0.272. The predicted octanol–water partition coefficient (Wildman–Crippen LogP) is 2.70. The number of rotatable bonds is 6. The van der Waals surface area contributed by atoms with Crippen LogP contribution in [0.15, 0.2) is 42.5 Å². The average molecular weight is 366 g/mol. The zero-order chi connectivity index (χ0) is 19.1. The van der Waals surface area contributed by atoms with Crippen molar-refractivity contribution in [2.45, 2.75) is 32.7 Å². The monoisotopic (exact) mass is 366 g/mol. The fraction of sp³-hybridized carbons (Fsp3) is 0.500. The van der Waals surface area contributed by atoms with E-state index in [1.54, 1.807) is 0 Å². The molecule has 0 aromatic heterocycles. The molecule has 1 aliphatic heterocycles. The molecule has 3 aliphatic rings. The van der Waals surface area contributed by atoms with Crippen LogP contribution >= 0.6 is 0 Å². The standard InChI is InChI=1S/C22H26N2O3/c1-13(2)10-17(14-6-4-3-5-7-14)23-18(25)12-24-21(26)19-15-8-9-16(11-15)20(19)22(24)27/h3-9,13,15-17,19-20H,10-12H2,1-2H3,(H,23,25)/t15-,16-,17-,19-,20+/m0/s1. The van der Waals surface area contributed by atoms with Crippen molar-refractivity contribution in [1.29, 1.82) is 0 Å². The SMILES string of the molecule is CC(C)C[C@H](NC(=O)CN1C(=O)[C@@H]2[C@H](C1=O)[C@H]1C=C[C@H]2C1)c1ccccc1. The van der Waals surface area contributed by atoms with Crippen LogP contribution in [0.1, 0.15) is 38.3 Å². The van der Waals surface area contributed by atoms with Gasteiger partial charge in [-0.3, -0.25) is 19.3 Å². The van der Waals surface area contributed by atoms with Crippen LogP contribution in [0.3, 0.4) is 0 Å². The number of nitrogens with zero attached hydrogens (tertiary/aromatic N) is 1. The summed E-state index contributed by atoms with van der Waals surface area (Å²) in [5.74, 6) is -0.362. The molecule has 0 radical (unpaired) electrons. The van der Waals surface area contributed by atoms with Crippen LogP contribution < -0.4 is 5.32 Å². The van der Waals surface area contributed by atoms with Crippen molar-refractivity contribution >= 4 is 17.7 Å². The summed E-state index contributed by atoms with van der Waals surface area (Å²) >= 11 is 0. The molecule has 0 spiro atoms. The van der Waals surface area contributed by atoms with Gasteiger partial charge in [-0.05, 0) is 36.2 Å². The average Bonchev–Trinajstić information content (AvgIpc) is 3.32. The van der Waals surface area contributed by atoms with E-state index in [4.69, 9.17) is 0 Å². The maximum absolute atomic E-state index is 12.7. The summed E-state index contributed by atoms with van der Waals surface area (Å²) < 4.78 is 0. The van der Waals surface area contributed by atoms with E-state index in [-0.39, 0.29) is 54.0 Å². The third kappa shape index (κ3) is 3.20. The highest BCUT2D eigenvalue weighted by Crippen LogP contribution is 2.52. The largest absolute Gasteiger partial charge is 0.348 e. The van der Waals surface area contributed by atoms with Gasteiger partial charge in [-0.25, -0.2) is 0 Å².